The Morgan fingerprint density at radius 1 is 1.32 bits per heavy atom. The molecule has 0 bridgehead atoms. The highest BCUT2D eigenvalue weighted by atomic mass is 32.2. The molecule has 7 nitrogen and oxygen atoms in total. The molecule has 0 spiro atoms. The van der Waals surface area contributed by atoms with Crippen LogP contribution in [0.5, 0.6) is 0 Å². The van der Waals surface area contributed by atoms with Gasteiger partial charge in [-0.05, 0) is 51.7 Å². The highest BCUT2D eigenvalue weighted by Gasteiger charge is 2.24. The van der Waals surface area contributed by atoms with E-state index in [-0.39, 0.29) is 4.90 Å². The van der Waals surface area contributed by atoms with Crippen LogP contribution in [0.25, 0.3) is 0 Å². The predicted molar refractivity (Wildman–Crippen MR) is 98.4 cm³/mol. The molecule has 136 valence electrons. The molecule has 1 fully saturated rings. The normalized spacial score (nSPS) is 18.4. The molecule has 3 rings (SSSR count). The lowest BCUT2D eigenvalue weighted by Gasteiger charge is -2.37. The van der Waals surface area contributed by atoms with Gasteiger partial charge in [0, 0.05) is 12.6 Å². The molecule has 0 saturated carbocycles. The lowest BCUT2D eigenvalue weighted by atomic mass is 9.99. The molecule has 25 heavy (non-hydrogen) atoms. The van der Waals surface area contributed by atoms with Crippen LogP contribution in [0.2, 0.25) is 0 Å². The van der Waals surface area contributed by atoms with Gasteiger partial charge < -0.3 is 4.90 Å². The van der Waals surface area contributed by atoms with Crippen molar-refractivity contribution in [1.82, 2.24) is 15.2 Å². The Balaban J connectivity index is 1.79. The van der Waals surface area contributed by atoms with Gasteiger partial charge in [0.1, 0.15) is 10.7 Å². The van der Waals surface area contributed by atoms with Crippen molar-refractivity contribution in [2.24, 2.45) is 0 Å². The van der Waals surface area contributed by atoms with Crippen molar-refractivity contribution >= 4 is 21.5 Å². The maximum atomic E-state index is 12.6. The van der Waals surface area contributed by atoms with Crippen LogP contribution in [0.1, 0.15) is 44.0 Å². The number of aryl methyl sites for hydroxylation is 2. The van der Waals surface area contributed by atoms with E-state index in [2.05, 4.69) is 31.7 Å². The fourth-order valence-electron chi connectivity index (χ4n) is 3.51. The van der Waals surface area contributed by atoms with Gasteiger partial charge in [-0.1, -0.05) is 6.92 Å². The maximum absolute atomic E-state index is 12.6. The Morgan fingerprint density at radius 2 is 2.12 bits per heavy atom. The third-order valence-corrected chi connectivity index (χ3v) is 6.36. The summed E-state index contributed by atoms with van der Waals surface area (Å²) in [6.07, 6.45) is 6.51. The maximum Gasteiger partial charge on any atom is 0.266 e. The lowest BCUT2D eigenvalue weighted by Crippen LogP contribution is -2.39. The molecule has 1 saturated heterocycles. The van der Waals surface area contributed by atoms with Crippen LogP contribution in [-0.2, 0) is 10.0 Å². The summed E-state index contributed by atoms with van der Waals surface area (Å²) in [6.45, 7) is 6.58. The minimum atomic E-state index is -3.70. The molecule has 0 aliphatic carbocycles. The average Bonchev–Trinajstić information content (AvgIpc) is 2.94. The number of rotatable bonds is 5. The smallest absolute Gasteiger partial charge is 0.266 e. The molecule has 0 amide bonds. The number of anilines is 2. The zero-order valence-corrected chi connectivity index (χ0v) is 15.7. The molecular weight excluding hydrogens is 338 g/mol. The topological polar surface area (TPSA) is 91.0 Å². The number of hydrogen-bond donors (Lipinski definition) is 2. The largest absolute Gasteiger partial charge is 0.367 e. The lowest BCUT2D eigenvalue weighted by molar-refractivity contribution is 0.449. The van der Waals surface area contributed by atoms with Gasteiger partial charge in [-0.25, -0.2) is 13.4 Å². The van der Waals surface area contributed by atoms with Gasteiger partial charge in [0.15, 0.2) is 0 Å². The number of aromatic amines is 1. The van der Waals surface area contributed by atoms with Crippen LogP contribution in [-0.4, -0.2) is 36.2 Å². The molecule has 2 aromatic rings. The van der Waals surface area contributed by atoms with Crippen LogP contribution in [0, 0.1) is 13.8 Å². The minimum absolute atomic E-state index is 0.181. The molecule has 1 unspecified atom stereocenters. The van der Waals surface area contributed by atoms with E-state index >= 15 is 0 Å². The zero-order valence-electron chi connectivity index (χ0n) is 14.9. The first-order valence-corrected chi connectivity index (χ1v) is 10.2. The summed E-state index contributed by atoms with van der Waals surface area (Å²) in [5.41, 5.74) is 2.01. The molecule has 8 heteroatoms. The monoisotopic (exact) mass is 363 g/mol. The van der Waals surface area contributed by atoms with Gasteiger partial charge in [0.2, 0.25) is 0 Å². The van der Waals surface area contributed by atoms with Gasteiger partial charge in [0.05, 0.1) is 23.3 Å². The summed E-state index contributed by atoms with van der Waals surface area (Å²) in [4.78, 5) is 6.87. The number of nitrogens with zero attached hydrogens (tertiary/aromatic N) is 3. The van der Waals surface area contributed by atoms with Crippen molar-refractivity contribution in [2.75, 3.05) is 16.2 Å². The Hall–Kier alpha value is -2.09. The Bertz CT molecular complexity index is 810. The number of pyridine rings is 1. The van der Waals surface area contributed by atoms with Crippen molar-refractivity contribution in [3.05, 3.63) is 29.7 Å². The van der Waals surface area contributed by atoms with E-state index in [1.165, 1.54) is 19.3 Å². The summed E-state index contributed by atoms with van der Waals surface area (Å²) in [6, 6.07) is 4.20. The van der Waals surface area contributed by atoms with Crippen LogP contribution in [0.4, 0.5) is 11.5 Å². The Kier molecular flexibility index (Phi) is 4.99. The van der Waals surface area contributed by atoms with Crippen molar-refractivity contribution in [1.29, 1.82) is 0 Å². The van der Waals surface area contributed by atoms with Crippen molar-refractivity contribution in [2.45, 2.75) is 57.4 Å². The second-order valence-electron chi connectivity index (χ2n) is 6.52. The van der Waals surface area contributed by atoms with Crippen molar-refractivity contribution < 1.29 is 8.42 Å². The quantitative estimate of drug-likeness (QED) is 0.852. The number of sulfonamides is 1. The standard InChI is InChI=1S/C17H25N5O2S/c1-4-14-7-5-6-10-22(14)15-8-9-16(18-11-15)21-25(23,24)17-12(2)19-20-13(17)3/h8-9,11,14H,4-7,10H2,1-3H3,(H,18,21)(H,19,20). The second-order valence-corrected chi connectivity index (χ2v) is 8.14. The summed E-state index contributed by atoms with van der Waals surface area (Å²) >= 11 is 0. The van der Waals surface area contributed by atoms with Gasteiger partial charge in [-0.15, -0.1) is 0 Å². The van der Waals surface area contributed by atoms with Crippen LogP contribution in [0.15, 0.2) is 23.2 Å². The Labute approximate surface area is 148 Å². The first-order chi connectivity index (χ1) is 11.9. The van der Waals surface area contributed by atoms with Crippen LogP contribution in [0.3, 0.4) is 0 Å². The summed E-state index contributed by atoms with van der Waals surface area (Å²) in [5, 5.41) is 6.64. The number of H-pyrrole nitrogens is 1. The fraction of sp³-hybridized carbons (Fsp3) is 0.529. The first kappa shape index (κ1) is 17.7. The van der Waals surface area contributed by atoms with Gasteiger partial charge in [0.25, 0.3) is 10.0 Å². The molecular formula is C17H25N5O2S. The SMILES string of the molecule is CCC1CCCCN1c1ccc(NS(=O)(=O)c2c(C)n[nH]c2C)nc1. The van der Waals surface area contributed by atoms with E-state index in [4.69, 9.17) is 0 Å². The summed E-state index contributed by atoms with van der Waals surface area (Å²) in [7, 11) is -3.70. The first-order valence-electron chi connectivity index (χ1n) is 8.69. The van der Waals surface area contributed by atoms with Gasteiger partial charge in [-0.2, -0.15) is 5.10 Å². The van der Waals surface area contributed by atoms with E-state index in [1.807, 2.05) is 6.07 Å². The van der Waals surface area contributed by atoms with E-state index in [1.54, 1.807) is 26.1 Å². The number of piperidine rings is 1. The van der Waals surface area contributed by atoms with Crippen LogP contribution >= 0.6 is 0 Å². The Morgan fingerprint density at radius 3 is 2.72 bits per heavy atom. The molecule has 1 atom stereocenters. The third-order valence-electron chi connectivity index (χ3n) is 4.75. The van der Waals surface area contributed by atoms with E-state index in [0.29, 0.717) is 23.2 Å². The van der Waals surface area contributed by atoms with Gasteiger partial charge >= 0.3 is 0 Å². The van der Waals surface area contributed by atoms with Crippen molar-refractivity contribution in [3.8, 4) is 0 Å². The molecule has 1 aliphatic heterocycles. The zero-order chi connectivity index (χ0) is 18.0. The number of aromatic nitrogens is 3. The molecule has 0 aromatic carbocycles. The van der Waals surface area contributed by atoms with Crippen LogP contribution < -0.4 is 9.62 Å². The molecule has 1 aliphatic rings. The van der Waals surface area contributed by atoms with E-state index < -0.39 is 10.0 Å². The molecule has 2 N–H and O–H groups in total. The molecule has 3 heterocycles. The fourth-order valence-corrected chi connectivity index (χ4v) is 4.89. The third kappa shape index (κ3) is 3.63. The summed E-state index contributed by atoms with van der Waals surface area (Å²) < 4.78 is 27.7. The average molecular weight is 363 g/mol. The number of nitrogens with one attached hydrogen (secondary N) is 2. The van der Waals surface area contributed by atoms with E-state index in [0.717, 1.165) is 18.7 Å². The number of hydrogen-bond acceptors (Lipinski definition) is 5. The minimum Gasteiger partial charge on any atom is -0.367 e. The van der Waals surface area contributed by atoms with E-state index in [9.17, 15) is 8.42 Å². The van der Waals surface area contributed by atoms with Gasteiger partial charge in [-0.3, -0.25) is 9.82 Å². The summed E-state index contributed by atoms with van der Waals surface area (Å²) in [5.74, 6) is 0.314. The predicted octanol–water partition coefficient (Wildman–Crippen LogP) is 2.99. The highest BCUT2D eigenvalue weighted by molar-refractivity contribution is 7.92. The van der Waals surface area contributed by atoms with Crippen molar-refractivity contribution in [3.63, 3.8) is 0 Å². The highest BCUT2D eigenvalue weighted by Crippen LogP contribution is 2.27. The molecule has 0 radical (unpaired) electrons. The molecule has 2 aromatic heterocycles. The second kappa shape index (κ2) is 7.03.